The summed E-state index contributed by atoms with van der Waals surface area (Å²) in [6, 6.07) is 48.2. The van der Waals surface area contributed by atoms with E-state index >= 15 is 0 Å². The minimum atomic E-state index is -3.03. The van der Waals surface area contributed by atoms with Gasteiger partial charge in [-0.3, -0.25) is 0 Å². The fraction of sp³-hybridized carbons (Fsp3) is 0. The van der Waals surface area contributed by atoms with Crippen LogP contribution in [0.4, 0.5) is 0 Å². The van der Waals surface area contributed by atoms with Crippen molar-refractivity contribution in [1.82, 2.24) is 14.5 Å². The third-order valence-electron chi connectivity index (χ3n) is 8.79. The molecule has 0 saturated heterocycles. The monoisotopic (exact) mass is 611 g/mol. The lowest BCUT2D eigenvalue weighted by molar-refractivity contribution is 0.476. The Morgan fingerprint density at radius 1 is 0.522 bits per heavy atom. The van der Waals surface area contributed by atoms with Crippen LogP contribution < -0.4 is 20.7 Å². The highest BCUT2D eigenvalue weighted by molar-refractivity contribution is 7.85. The zero-order valence-corrected chi connectivity index (χ0v) is 25.5. The Bertz CT molecular complexity index is 2410. The Kier molecular flexibility index (Phi) is 6.02. The zero-order chi connectivity index (χ0) is 30.7. The van der Waals surface area contributed by atoms with E-state index in [0.717, 1.165) is 60.8 Å². The molecule has 0 spiro atoms. The first-order valence-electron chi connectivity index (χ1n) is 15.2. The maximum absolute atomic E-state index is 14.7. The van der Waals surface area contributed by atoms with Crippen LogP contribution in [0.1, 0.15) is 0 Å². The fourth-order valence-electron chi connectivity index (χ4n) is 6.57. The molecule has 0 radical (unpaired) electrons. The predicted octanol–water partition coefficient (Wildman–Crippen LogP) is 8.65. The standard InChI is InChI=1S/C40H26N3O2P/c44-46(30-10-3-1-4-11-30,31-12-5-2-6-13-31)32-21-18-27(19-22-32)29-25-41-40(42-26-29)28-20-23-36-38(24-28)45-37-17-9-15-34-33-14-7-8-16-35(33)43(36)39(34)37/h1-26H. The normalized spacial score (nSPS) is 12.2. The highest BCUT2D eigenvalue weighted by Gasteiger charge is 2.29. The second-order valence-electron chi connectivity index (χ2n) is 11.4. The number of para-hydroxylation sites is 2. The Balaban J connectivity index is 1.04. The van der Waals surface area contributed by atoms with Crippen LogP contribution in [0.3, 0.4) is 0 Å². The number of nitrogens with zero attached hydrogens (tertiary/aromatic N) is 3. The molecule has 6 aromatic carbocycles. The quantitative estimate of drug-likeness (QED) is 0.183. The molecule has 0 bridgehead atoms. The van der Waals surface area contributed by atoms with Crippen LogP contribution in [0.25, 0.3) is 50.0 Å². The van der Waals surface area contributed by atoms with Gasteiger partial charge in [0.2, 0.25) is 0 Å². The van der Waals surface area contributed by atoms with Crippen molar-refractivity contribution in [2.24, 2.45) is 0 Å². The second-order valence-corrected chi connectivity index (χ2v) is 14.2. The van der Waals surface area contributed by atoms with Gasteiger partial charge >= 0.3 is 0 Å². The van der Waals surface area contributed by atoms with Gasteiger partial charge in [0, 0.05) is 50.2 Å². The molecule has 0 atom stereocenters. The summed E-state index contributed by atoms with van der Waals surface area (Å²) >= 11 is 0. The van der Waals surface area contributed by atoms with Crippen LogP contribution in [0.2, 0.25) is 0 Å². The van der Waals surface area contributed by atoms with E-state index in [-0.39, 0.29) is 0 Å². The van der Waals surface area contributed by atoms with Crippen molar-refractivity contribution in [3.63, 3.8) is 0 Å². The molecule has 6 heteroatoms. The van der Waals surface area contributed by atoms with Gasteiger partial charge in [-0.25, -0.2) is 9.97 Å². The minimum Gasteiger partial charge on any atom is -0.453 e. The van der Waals surface area contributed by atoms with E-state index in [2.05, 4.69) is 41.0 Å². The molecule has 1 aliphatic rings. The first kappa shape index (κ1) is 26.6. The van der Waals surface area contributed by atoms with Crippen LogP contribution >= 0.6 is 7.14 Å². The van der Waals surface area contributed by atoms with Gasteiger partial charge in [-0.05, 0) is 35.9 Å². The molecule has 0 saturated carbocycles. The third kappa shape index (κ3) is 4.06. The largest absolute Gasteiger partial charge is 0.453 e. The molecule has 1 aliphatic heterocycles. The summed E-state index contributed by atoms with van der Waals surface area (Å²) in [6.45, 7) is 0. The Morgan fingerprint density at radius 2 is 1.13 bits per heavy atom. The summed E-state index contributed by atoms with van der Waals surface area (Å²) in [4.78, 5) is 9.47. The predicted molar refractivity (Wildman–Crippen MR) is 187 cm³/mol. The summed E-state index contributed by atoms with van der Waals surface area (Å²) < 4.78 is 23.4. The summed E-state index contributed by atoms with van der Waals surface area (Å²) in [6.07, 6.45) is 3.67. The lowest BCUT2D eigenvalue weighted by atomic mass is 10.1. The molecule has 9 rings (SSSR count). The molecular weight excluding hydrogens is 585 g/mol. The lowest BCUT2D eigenvalue weighted by Gasteiger charge is -2.21. The first-order chi connectivity index (χ1) is 22.7. The smallest absolute Gasteiger partial charge is 0.171 e. The summed E-state index contributed by atoms with van der Waals surface area (Å²) in [5.74, 6) is 2.22. The zero-order valence-electron chi connectivity index (χ0n) is 24.6. The minimum absolute atomic E-state index is 0.616. The number of rotatable bonds is 5. The summed E-state index contributed by atoms with van der Waals surface area (Å²) in [5, 5.41) is 4.80. The molecule has 0 unspecified atom stereocenters. The molecule has 0 fully saturated rings. The van der Waals surface area contributed by atoms with Gasteiger partial charge < -0.3 is 13.9 Å². The summed E-state index contributed by atoms with van der Waals surface area (Å²) in [7, 11) is -3.03. The third-order valence-corrected chi connectivity index (χ3v) is 11.9. The van der Waals surface area contributed by atoms with Crippen LogP contribution in [0, 0.1) is 0 Å². The van der Waals surface area contributed by atoms with Gasteiger partial charge in [-0.1, -0.05) is 115 Å². The number of hydrogen-bond acceptors (Lipinski definition) is 4. The topological polar surface area (TPSA) is 57.0 Å². The van der Waals surface area contributed by atoms with E-state index in [4.69, 9.17) is 14.7 Å². The molecule has 8 aromatic rings. The van der Waals surface area contributed by atoms with Crippen molar-refractivity contribution in [2.45, 2.75) is 0 Å². The van der Waals surface area contributed by atoms with Gasteiger partial charge in [-0.15, -0.1) is 0 Å². The van der Waals surface area contributed by atoms with Crippen LogP contribution in [0.15, 0.2) is 158 Å². The molecule has 0 amide bonds. The van der Waals surface area contributed by atoms with Gasteiger partial charge in [-0.2, -0.15) is 0 Å². The Hall–Kier alpha value is -5.77. The van der Waals surface area contributed by atoms with Crippen LogP contribution in [-0.4, -0.2) is 14.5 Å². The molecule has 2 aromatic heterocycles. The van der Waals surface area contributed by atoms with E-state index in [0.29, 0.717) is 5.82 Å². The van der Waals surface area contributed by atoms with Crippen LogP contribution in [-0.2, 0) is 4.57 Å². The number of aromatic nitrogens is 3. The van der Waals surface area contributed by atoms with Crippen molar-refractivity contribution in [3.05, 3.63) is 158 Å². The average Bonchev–Trinajstić information content (AvgIpc) is 3.48. The van der Waals surface area contributed by atoms with Gasteiger partial charge in [0.05, 0.1) is 16.7 Å². The molecular formula is C40H26N3O2P. The van der Waals surface area contributed by atoms with Crippen molar-refractivity contribution in [3.8, 4) is 39.7 Å². The maximum atomic E-state index is 14.7. The van der Waals surface area contributed by atoms with Crippen molar-refractivity contribution in [1.29, 1.82) is 0 Å². The number of ether oxygens (including phenoxy) is 1. The molecule has 0 N–H and O–H groups in total. The second kappa shape index (κ2) is 10.4. The molecule has 0 aliphatic carbocycles. The molecule has 3 heterocycles. The van der Waals surface area contributed by atoms with Gasteiger partial charge in [0.1, 0.15) is 0 Å². The first-order valence-corrected chi connectivity index (χ1v) is 16.9. The molecule has 46 heavy (non-hydrogen) atoms. The van der Waals surface area contributed by atoms with Gasteiger partial charge in [0.15, 0.2) is 24.5 Å². The van der Waals surface area contributed by atoms with Crippen LogP contribution in [0.5, 0.6) is 11.5 Å². The lowest BCUT2D eigenvalue weighted by Crippen LogP contribution is -2.24. The average molecular weight is 612 g/mol. The van der Waals surface area contributed by atoms with Gasteiger partial charge in [0.25, 0.3) is 0 Å². The van der Waals surface area contributed by atoms with Crippen molar-refractivity contribution >= 4 is 44.9 Å². The highest BCUT2D eigenvalue weighted by Crippen LogP contribution is 2.46. The van der Waals surface area contributed by atoms with E-state index in [1.54, 1.807) is 0 Å². The summed E-state index contributed by atoms with van der Waals surface area (Å²) in [5.41, 5.74) is 5.94. The number of fused-ring (bicyclic) bond motifs is 5. The number of hydrogen-bond donors (Lipinski definition) is 0. The van der Waals surface area contributed by atoms with E-state index in [1.807, 2.05) is 122 Å². The SMILES string of the molecule is O=P(c1ccccc1)(c1ccccc1)c1ccc(-c2cnc(-c3ccc4c(c3)Oc3cccc5c6ccccc6n-4c35)nc2)cc1. The number of benzene rings is 6. The molecule has 5 nitrogen and oxygen atoms in total. The Labute approximate surface area is 265 Å². The Morgan fingerprint density at radius 3 is 1.85 bits per heavy atom. The van der Waals surface area contributed by atoms with E-state index in [1.165, 1.54) is 10.8 Å². The van der Waals surface area contributed by atoms with Crippen molar-refractivity contribution < 1.29 is 9.30 Å². The fourth-order valence-corrected chi connectivity index (χ4v) is 9.22. The van der Waals surface area contributed by atoms with E-state index < -0.39 is 7.14 Å². The maximum Gasteiger partial charge on any atom is 0.171 e. The molecule has 218 valence electrons. The highest BCUT2D eigenvalue weighted by atomic mass is 31.2. The van der Waals surface area contributed by atoms with Crippen molar-refractivity contribution in [2.75, 3.05) is 0 Å². The van der Waals surface area contributed by atoms with E-state index in [9.17, 15) is 4.57 Å².